The smallest absolute Gasteiger partial charge is 0.355 e. The van der Waals surface area contributed by atoms with E-state index in [2.05, 4.69) is 9.62 Å². The van der Waals surface area contributed by atoms with Crippen molar-refractivity contribution in [2.24, 2.45) is 5.73 Å². The molecule has 11 heteroatoms. The quantitative estimate of drug-likeness (QED) is 0.225. The number of ether oxygens (including phenoxy) is 2. The highest BCUT2D eigenvalue weighted by Crippen LogP contribution is 2.29. The Hall–Kier alpha value is -4.29. The standard InChI is InChI=1S/C33H35N5O5S/c1-37-13-14-42-29(20-37)21-43-33(39)31-17-25-11-12-27(18-34)35-32(25)38(31)19-26-16-28(15-24-9-5-6-10-30(24)26)36-44(40,41)22-23-7-3-2-4-8-23/h2-12,15-17,29,36H,13-14,18-22,34H2,1H3/t29-/m1/s1. The normalized spacial score (nSPS) is 15.9. The molecule has 0 unspecified atom stereocenters. The Morgan fingerprint density at radius 2 is 1.84 bits per heavy atom. The summed E-state index contributed by atoms with van der Waals surface area (Å²) < 4.78 is 42.4. The molecule has 0 radical (unpaired) electrons. The number of anilines is 1. The molecule has 3 N–H and O–H groups in total. The first kappa shape index (κ1) is 29.8. The molecule has 0 spiro atoms. The Morgan fingerprint density at radius 3 is 2.64 bits per heavy atom. The number of fused-ring (bicyclic) bond motifs is 2. The van der Waals surface area contributed by atoms with Crippen LogP contribution in [0.3, 0.4) is 0 Å². The predicted molar refractivity (Wildman–Crippen MR) is 171 cm³/mol. The second-order valence-corrected chi connectivity index (χ2v) is 12.8. The lowest BCUT2D eigenvalue weighted by Crippen LogP contribution is -2.42. The average molecular weight is 614 g/mol. The number of hydrogen-bond acceptors (Lipinski definition) is 8. The molecule has 10 nitrogen and oxygen atoms in total. The fraction of sp³-hybridized carbons (Fsp3) is 0.273. The van der Waals surface area contributed by atoms with E-state index in [0.717, 1.165) is 28.3 Å². The highest BCUT2D eigenvalue weighted by Gasteiger charge is 2.24. The summed E-state index contributed by atoms with van der Waals surface area (Å²) in [6, 6.07) is 25.9. The zero-order chi connectivity index (χ0) is 30.7. The number of morpholine rings is 1. The molecule has 5 aromatic rings. The minimum absolute atomic E-state index is 0.133. The van der Waals surface area contributed by atoms with Crippen LogP contribution >= 0.6 is 0 Å². The second kappa shape index (κ2) is 12.7. The Bertz CT molecular complexity index is 1910. The van der Waals surface area contributed by atoms with Crippen LogP contribution in [0.1, 0.15) is 27.3 Å². The highest BCUT2D eigenvalue weighted by molar-refractivity contribution is 7.91. The SMILES string of the molecule is CN1CCO[C@@H](COC(=O)c2cc3ccc(CN)nc3n2Cc2cc(NS(=O)(=O)Cc3ccccc3)cc3ccccc23)C1. The summed E-state index contributed by atoms with van der Waals surface area (Å²) in [4.78, 5) is 20.4. The molecule has 1 aliphatic heterocycles. The van der Waals surface area contributed by atoms with Crippen LogP contribution in [0.5, 0.6) is 0 Å². The van der Waals surface area contributed by atoms with E-state index >= 15 is 0 Å². The molecule has 1 aliphatic rings. The maximum absolute atomic E-state index is 13.5. The lowest BCUT2D eigenvalue weighted by Gasteiger charge is -2.29. The summed E-state index contributed by atoms with van der Waals surface area (Å²) in [6.45, 7) is 2.72. The van der Waals surface area contributed by atoms with Crippen molar-refractivity contribution in [1.29, 1.82) is 0 Å². The molecule has 0 bridgehead atoms. The van der Waals surface area contributed by atoms with Gasteiger partial charge in [-0.25, -0.2) is 18.2 Å². The first-order valence-electron chi connectivity index (χ1n) is 14.5. The fourth-order valence-electron chi connectivity index (χ4n) is 5.58. The Morgan fingerprint density at radius 1 is 1.05 bits per heavy atom. The number of aromatic nitrogens is 2. The molecule has 44 heavy (non-hydrogen) atoms. The van der Waals surface area contributed by atoms with Crippen molar-refractivity contribution in [3.05, 3.63) is 107 Å². The molecule has 1 atom stereocenters. The molecule has 0 amide bonds. The van der Waals surface area contributed by atoms with Gasteiger partial charge in [0, 0.05) is 30.7 Å². The van der Waals surface area contributed by atoms with E-state index in [1.807, 2.05) is 78.3 Å². The lowest BCUT2D eigenvalue weighted by molar-refractivity contribution is -0.0530. The zero-order valence-corrected chi connectivity index (χ0v) is 25.3. The highest BCUT2D eigenvalue weighted by atomic mass is 32.2. The van der Waals surface area contributed by atoms with Gasteiger partial charge in [0.05, 0.1) is 24.6 Å². The maximum atomic E-state index is 13.5. The van der Waals surface area contributed by atoms with E-state index in [4.69, 9.17) is 20.2 Å². The molecule has 3 heterocycles. The van der Waals surface area contributed by atoms with Gasteiger partial charge in [0.25, 0.3) is 0 Å². The molecule has 6 rings (SSSR count). The number of pyridine rings is 1. The van der Waals surface area contributed by atoms with Crippen LogP contribution in [0, 0.1) is 0 Å². The summed E-state index contributed by atoms with van der Waals surface area (Å²) in [7, 11) is -1.68. The van der Waals surface area contributed by atoms with Crippen molar-refractivity contribution in [2.45, 2.75) is 24.9 Å². The first-order chi connectivity index (χ1) is 21.3. The van der Waals surface area contributed by atoms with Crippen molar-refractivity contribution in [2.75, 3.05) is 38.1 Å². The van der Waals surface area contributed by atoms with Gasteiger partial charge >= 0.3 is 5.97 Å². The van der Waals surface area contributed by atoms with E-state index in [-0.39, 0.29) is 31.6 Å². The lowest BCUT2D eigenvalue weighted by atomic mass is 10.0. The summed E-state index contributed by atoms with van der Waals surface area (Å²) in [5, 5.41) is 2.55. The molecule has 2 aromatic heterocycles. The third-order valence-electron chi connectivity index (χ3n) is 7.71. The Balaban J connectivity index is 1.35. The largest absolute Gasteiger partial charge is 0.458 e. The van der Waals surface area contributed by atoms with E-state index in [1.165, 1.54) is 0 Å². The van der Waals surface area contributed by atoms with Crippen LogP contribution in [0.15, 0.2) is 84.9 Å². The van der Waals surface area contributed by atoms with Crippen LogP contribution in [-0.2, 0) is 38.3 Å². The average Bonchev–Trinajstić information content (AvgIpc) is 3.37. The van der Waals surface area contributed by atoms with Crippen LogP contribution in [0.2, 0.25) is 0 Å². The summed E-state index contributed by atoms with van der Waals surface area (Å²) in [5.41, 5.74) is 9.46. The maximum Gasteiger partial charge on any atom is 0.355 e. The number of carbonyl (C=O) groups is 1. The van der Waals surface area contributed by atoms with Crippen molar-refractivity contribution in [3.63, 3.8) is 0 Å². The van der Waals surface area contributed by atoms with Crippen molar-refractivity contribution in [1.82, 2.24) is 14.5 Å². The van der Waals surface area contributed by atoms with Gasteiger partial charge in [-0.2, -0.15) is 0 Å². The van der Waals surface area contributed by atoms with Gasteiger partial charge in [0.15, 0.2) is 0 Å². The molecule has 1 saturated heterocycles. The second-order valence-electron chi connectivity index (χ2n) is 11.1. The van der Waals surface area contributed by atoms with Gasteiger partial charge in [-0.3, -0.25) is 4.72 Å². The number of nitrogens with two attached hydrogens (primary N) is 1. The monoisotopic (exact) mass is 613 g/mol. The number of likely N-dealkylation sites (N-methyl/N-ethyl adjacent to an activating group) is 1. The van der Waals surface area contributed by atoms with Crippen molar-refractivity contribution >= 4 is 43.5 Å². The van der Waals surface area contributed by atoms with E-state index in [9.17, 15) is 13.2 Å². The number of sulfonamides is 1. The Kier molecular flexibility index (Phi) is 8.62. The number of esters is 1. The van der Waals surface area contributed by atoms with Gasteiger partial charge in [0.2, 0.25) is 10.0 Å². The minimum atomic E-state index is -3.69. The Labute approximate surface area is 256 Å². The number of carbonyl (C=O) groups excluding carboxylic acids is 1. The van der Waals surface area contributed by atoms with Gasteiger partial charge in [-0.1, -0.05) is 54.6 Å². The third kappa shape index (κ3) is 6.76. The molecule has 0 saturated carbocycles. The topological polar surface area (TPSA) is 129 Å². The molecule has 228 valence electrons. The van der Waals surface area contributed by atoms with E-state index in [0.29, 0.717) is 41.4 Å². The third-order valence-corrected chi connectivity index (χ3v) is 8.97. The van der Waals surface area contributed by atoms with Crippen LogP contribution in [-0.4, -0.2) is 68.3 Å². The van der Waals surface area contributed by atoms with Gasteiger partial charge in [0.1, 0.15) is 24.1 Å². The molecular formula is C33H35N5O5S. The summed E-state index contributed by atoms with van der Waals surface area (Å²) >= 11 is 0. The van der Waals surface area contributed by atoms with Crippen LogP contribution < -0.4 is 10.5 Å². The molecule has 3 aromatic carbocycles. The molecular weight excluding hydrogens is 578 g/mol. The van der Waals surface area contributed by atoms with Crippen LogP contribution in [0.25, 0.3) is 21.8 Å². The summed E-state index contributed by atoms with van der Waals surface area (Å²) in [6.07, 6.45) is -0.206. The predicted octanol–water partition coefficient (Wildman–Crippen LogP) is 4.13. The summed E-state index contributed by atoms with van der Waals surface area (Å²) in [5.74, 6) is -0.640. The number of benzene rings is 3. The van der Waals surface area contributed by atoms with Gasteiger partial charge in [-0.05, 0) is 59.3 Å². The molecule has 0 aliphatic carbocycles. The number of rotatable bonds is 10. The number of hydrogen-bond donors (Lipinski definition) is 2. The molecule has 1 fully saturated rings. The van der Waals surface area contributed by atoms with Gasteiger partial charge < -0.3 is 24.7 Å². The minimum Gasteiger partial charge on any atom is -0.458 e. The number of nitrogens with one attached hydrogen (secondary N) is 1. The zero-order valence-electron chi connectivity index (χ0n) is 24.5. The van der Waals surface area contributed by atoms with Crippen LogP contribution in [0.4, 0.5) is 5.69 Å². The van der Waals surface area contributed by atoms with E-state index in [1.54, 1.807) is 18.2 Å². The van der Waals surface area contributed by atoms with Crippen molar-refractivity contribution < 1.29 is 22.7 Å². The van der Waals surface area contributed by atoms with Gasteiger partial charge in [-0.15, -0.1) is 0 Å². The first-order valence-corrected chi connectivity index (χ1v) is 16.2. The number of nitrogens with zero attached hydrogens (tertiary/aromatic N) is 3. The van der Waals surface area contributed by atoms with E-state index < -0.39 is 16.0 Å². The fourth-order valence-corrected chi connectivity index (χ4v) is 6.76. The van der Waals surface area contributed by atoms with Crippen molar-refractivity contribution in [3.8, 4) is 0 Å².